The summed E-state index contributed by atoms with van der Waals surface area (Å²) in [5.74, 6) is -2.98. The summed E-state index contributed by atoms with van der Waals surface area (Å²) in [4.78, 5) is 50.8. The highest BCUT2D eigenvalue weighted by Gasteiger charge is 2.26. The molecule has 0 unspecified atom stereocenters. The smallest absolute Gasteiger partial charge is 0.303 e. The van der Waals surface area contributed by atoms with Gasteiger partial charge in [-0.25, -0.2) is 9.98 Å². The van der Waals surface area contributed by atoms with Crippen LogP contribution in [0, 0.1) is 0 Å². The van der Waals surface area contributed by atoms with Gasteiger partial charge in [-0.2, -0.15) is 0 Å². The van der Waals surface area contributed by atoms with E-state index in [0.717, 1.165) is 12.1 Å². The Morgan fingerprint density at radius 1 is 0.846 bits per heavy atom. The molecule has 0 aromatic carbocycles. The van der Waals surface area contributed by atoms with Crippen molar-refractivity contribution in [3.63, 3.8) is 0 Å². The van der Waals surface area contributed by atoms with Crippen LogP contribution < -0.4 is 0 Å². The van der Waals surface area contributed by atoms with Crippen LogP contribution in [0.4, 0.5) is 0 Å². The van der Waals surface area contributed by atoms with E-state index in [0.29, 0.717) is 12.8 Å². The summed E-state index contributed by atoms with van der Waals surface area (Å²) >= 11 is 0. The van der Waals surface area contributed by atoms with Crippen LogP contribution in [-0.2, 0) is 23.6 Å². The number of amides is 2. The number of carbonyl (C=O) groups excluding carboxylic acids is 2. The fourth-order valence-electron chi connectivity index (χ4n) is 1.96. The zero-order valence-corrected chi connectivity index (χ0v) is 16.1. The summed E-state index contributed by atoms with van der Waals surface area (Å²) in [7, 11) is -0.412. The largest absolute Gasteiger partial charge is 0.481 e. The molecule has 26 heavy (non-hydrogen) atoms. The lowest BCUT2D eigenvalue weighted by atomic mass is 10.3. The van der Waals surface area contributed by atoms with Gasteiger partial charge in [0.2, 0.25) is 11.8 Å². The van der Waals surface area contributed by atoms with E-state index in [4.69, 9.17) is 14.6 Å². The van der Waals surface area contributed by atoms with Gasteiger partial charge in [0.05, 0.1) is 12.8 Å². The molecule has 2 amide bonds. The molecule has 0 radical (unpaired) electrons. The minimum atomic E-state index is -2.03. The lowest BCUT2D eigenvalue weighted by molar-refractivity contribution is -0.139. The maximum Gasteiger partial charge on any atom is 0.303 e. The third-order valence-corrected chi connectivity index (χ3v) is 7.35. The highest BCUT2D eigenvalue weighted by Crippen LogP contribution is 2.19. The van der Waals surface area contributed by atoms with Crippen LogP contribution in [0.15, 0.2) is 9.98 Å². The van der Waals surface area contributed by atoms with E-state index < -0.39 is 32.1 Å². The zero-order valence-electron chi connectivity index (χ0n) is 15.1. The van der Waals surface area contributed by atoms with Gasteiger partial charge in [0.25, 0.3) is 0 Å². The average Bonchev–Trinajstić information content (AvgIpc) is 2.59. The SMILES string of the molecule is CO[Si](C)(CCC=NC(=O)CCC(=O)O)CCC=NC(=O)CCC(=O)O. The topological polar surface area (TPSA) is 143 Å². The minimum absolute atomic E-state index is 0.114. The van der Waals surface area contributed by atoms with Crippen molar-refractivity contribution >= 4 is 44.5 Å². The average molecular weight is 386 g/mol. The number of rotatable bonds is 13. The van der Waals surface area contributed by atoms with Crippen LogP contribution in [0.1, 0.15) is 38.5 Å². The Morgan fingerprint density at radius 3 is 1.54 bits per heavy atom. The summed E-state index contributed by atoms with van der Waals surface area (Å²) in [6.07, 6.45) is 3.37. The normalized spacial score (nSPS) is 13.8. The summed E-state index contributed by atoms with van der Waals surface area (Å²) in [6.45, 7) is 2.02. The number of carboxylic acids is 2. The minimum Gasteiger partial charge on any atom is -0.481 e. The molecule has 0 bridgehead atoms. The van der Waals surface area contributed by atoms with E-state index in [-0.39, 0.29) is 25.7 Å². The quantitative estimate of drug-likeness (QED) is 0.363. The summed E-state index contributed by atoms with van der Waals surface area (Å²) in [6, 6.07) is 1.44. The van der Waals surface area contributed by atoms with Crippen molar-refractivity contribution in [1.82, 2.24) is 0 Å². The van der Waals surface area contributed by atoms with Crippen LogP contribution in [0.3, 0.4) is 0 Å². The van der Waals surface area contributed by atoms with E-state index in [9.17, 15) is 19.2 Å². The Bertz CT molecular complexity index is 517. The Morgan fingerprint density at radius 2 is 1.23 bits per heavy atom. The summed E-state index contributed by atoms with van der Waals surface area (Å²) in [5.41, 5.74) is 0. The van der Waals surface area contributed by atoms with Crippen LogP contribution in [0.5, 0.6) is 0 Å². The first-order valence-corrected chi connectivity index (χ1v) is 11.1. The molecule has 9 nitrogen and oxygen atoms in total. The van der Waals surface area contributed by atoms with Crippen molar-refractivity contribution in [3.05, 3.63) is 0 Å². The van der Waals surface area contributed by atoms with E-state index in [1.165, 1.54) is 12.4 Å². The van der Waals surface area contributed by atoms with Gasteiger partial charge in [0, 0.05) is 32.4 Å². The molecule has 2 N–H and O–H groups in total. The monoisotopic (exact) mass is 386 g/mol. The van der Waals surface area contributed by atoms with Crippen LogP contribution in [-0.4, -0.2) is 61.8 Å². The van der Waals surface area contributed by atoms with Gasteiger partial charge in [-0.05, 0) is 31.5 Å². The molecule has 146 valence electrons. The van der Waals surface area contributed by atoms with E-state index in [1.54, 1.807) is 7.11 Å². The molecule has 0 aliphatic carbocycles. The number of aliphatic imine (C=N–C) groups is 2. The van der Waals surface area contributed by atoms with Gasteiger partial charge >= 0.3 is 11.9 Å². The van der Waals surface area contributed by atoms with Crippen molar-refractivity contribution in [1.29, 1.82) is 0 Å². The van der Waals surface area contributed by atoms with Crippen molar-refractivity contribution in [2.24, 2.45) is 9.98 Å². The predicted octanol–water partition coefficient (Wildman–Crippen LogP) is 1.91. The lowest BCUT2D eigenvalue weighted by Gasteiger charge is -2.23. The number of carbonyl (C=O) groups is 4. The molecule has 10 heteroatoms. The first-order chi connectivity index (χ1) is 12.2. The van der Waals surface area contributed by atoms with Gasteiger partial charge in [0.15, 0.2) is 8.32 Å². The summed E-state index contributed by atoms with van der Waals surface area (Å²) < 4.78 is 5.60. The molecule has 0 saturated heterocycles. The van der Waals surface area contributed by atoms with Crippen molar-refractivity contribution in [3.8, 4) is 0 Å². The maximum absolute atomic E-state index is 11.3. The number of carboxylic acid groups (broad SMARTS) is 2. The molecular formula is C16H26N2O7Si. The van der Waals surface area contributed by atoms with Crippen molar-refractivity contribution in [2.75, 3.05) is 7.11 Å². The third-order valence-electron chi connectivity index (χ3n) is 3.67. The van der Waals surface area contributed by atoms with E-state index in [2.05, 4.69) is 9.98 Å². The highest BCUT2D eigenvalue weighted by atomic mass is 28.4. The Hall–Kier alpha value is -2.20. The van der Waals surface area contributed by atoms with Gasteiger partial charge in [0.1, 0.15) is 0 Å². The molecule has 0 aromatic rings. The Balaban J connectivity index is 4.19. The van der Waals surface area contributed by atoms with Crippen LogP contribution >= 0.6 is 0 Å². The molecule has 0 heterocycles. The van der Waals surface area contributed by atoms with Crippen LogP contribution in [0.2, 0.25) is 18.6 Å². The Kier molecular flexibility index (Phi) is 12.0. The lowest BCUT2D eigenvalue weighted by Crippen LogP contribution is -2.33. The maximum atomic E-state index is 11.3. The fourth-order valence-corrected chi connectivity index (χ4v) is 4.10. The molecule has 0 fully saturated rings. The first kappa shape index (κ1) is 23.8. The second kappa shape index (κ2) is 13.1. The second-order valence-corrected chi connectivity index (χ2v) is 10.2. The molecule has 0 aliphatic heterocycles. The van der Waals surface area contributed by atoms with E-state index >= 15 is 0 Å². The van der Waals surface area contributed by atoms with Crippen molar-refractivity contribution in [2.45, 2.75) is 57.2 Å². The van der Waals surface area contributed by atoms with Gasteiger partial charge in [-0.3, -0.25) is 19.2 Å². The van der Waals surface area contributed by atoms with Gasteiger partial charge < -0.3 is 14.6 Å². The molecule has 0 saturated carbocycles. The third kappa shape index (κ3) is 13.1. The van der Waals surface area contributed by atoms with Gasteiger partial charge in [-0.1, -0.05) is 0 Å². The van der Waals surface area contributed by atoms with Crippen LogP contribution in [0.25, 0.3) is 0 Å². The fraction of sp³-hybridized carbons (Fsp3) is 0.625. The molecule has 0 aliphatic rings. The highest BCUT2D eigenvalue weighted by molar-refractivity contribution is 6.72. The second-order valence-electron chi connectivity index (χ2n) is 5.93. The number of nitrogens with zero attached hydrogens (tertiary/aromatic N) is 2. The molecule has 0 rings (SSSR count). The number of hydrogen-bond donors (Lipinski definition) is 2. The molecule has 0 aromatic heterocycles. The van der Waals surface area contributed by atoms with Crippen molar-refractivity contribution < 1.29 is 33.8 Å². The standard InChI is InChI=1S/C16H26N2O7Si/c1-25-26(2,11-3-9-17-13(19)5-7-15(21)22)12-4-10-18-14(20)6-8-16(23)24/h9-10H,3-8,11-12H2,1-2H3,(H,21,22)(H,23,24). The number of hydrogen-bond acceptors (Lipinski definition) is 5. The predicted molar refractivity (Wildman–Crippen MR) is 98.2 cm³/mol. The molecular weight excluding hydrogens is 360 g/mol. The first-order valence-electron chi connectivity index (χ1n) is 8.28. The summed E-state index contributed by atoms with van der Waals surface area (Å²) in [5, 5.41) is 17.0. The number of aliphatic carboxylic acids is 2. The molecule has 0 spiro atoms. The molecule has 0 atom stereocenters. The van der Waals surface area contributed by atoms with E-state index in [1.807, 2.05) is 6.55 Å². The van der Waals surface area contributed by atoms with Gasteiger partial charge in [-0.15, -0.1) is 0 Å². The Labute approximate surface area is 153 Å². The zero-order chi connectivity index (χ0) is 20.0.